The summed E-state index contributed by atoms with van der Waals surface area (Å²) >= 11 is 0. The van der Waals surface area contributed by atoms with Crippen LogP contribution < -0.4 is 16.2 Å². The first-order valence-corrected chi connectivity index (χ1v) is 11.5. The highest BCUT2D eigenvalue weighted by atomic mass is 19.1. The minimum atomic E-state index is -0.633. The maximum absolute atomic E-state index is 14.8. The van der Waals surface area contributed by atoms with Gasteiger partial charge in [-0.25, -0.2) is 8.78 Å². The maximum Gasteiger partial charge on any atom is 0.261 e. The van der Waals surface area contributed by atoms with Gasteiger partial charge in [-0.3, -0.25) is 9.59 Å². The second kappa shape index (κ2) is 8.71. The number of nitrogens with one attached hydrogen (secondary N) is 2. The lowest BCUT2D eigenvalue weighted by Gasteiger charge is -2.24. The first-order chi connectivity index (χ1) is 15.9. The molecule has 2 fully saturated rings. The van der Waals surface area contributed by atoms with E-state index in [1.54, 1.807) is 23.6 Å². The number of rotatable bonds is 6. The van der Waals surface area contributed by atoms with Gasteiger partial charge in [-0.15, -0.1) is 0 Å². The third-order valence-electron chi connectivity index (χ3n) is 6.89. The Morgan fingerprint density at radius 1 is 1.18 bits per heavy atom. The first-order valence-electron chi connectivity index (χ1n) is 11.5. The fraction of sp³-hybridized carbons (Fsp3) is 0.385. The van der Waals surface area contributed by atoms with Gasteiger partial charge in [0.2, 0.25) is 0 Å². The molecule has 1 aliphatic heterocycles. The summed E-state index contributed by atoms with van der Waals surface area (Å²) in [5.74, 6) is -0.871. The molecule has 0 radical (unpaired) electrons. The quantitative estimate of drug-likeness (QED) is 0.584. The number of nitrogens with zero attached hydrogens (tertiary/aromatic N) is 1. The molecule has 1 saturated heterocycles. The molecule has 2 aliphatic rings. The Kier molecular flexibility index (Phi) is 5.74. The van der Waals surface area contributed by atoms with Gasteiger partial charge in [-0.2, -0.15) is 0 Å². The van der Waals surface area contributed by atoms with Gasteiger partial charge in [-0.1, -0.05) is 37.1 Å². The number of hydrogen-bond acceptors (Lipinski definition) is 3. The first kappa shape index (κ1) is 21.8. The third-order valence-corrected chi connectivity index (χ3v) is 6.89. The van der Waals surface area contributed by atoms with Crippen LogP contribution in [0.5, 0.6) is 0 Å². The number of pyridine rings is 1. The van der Waals surface area contributed by atoms with E-state index >= 15 is 0 Å². The van der Waals surface area contributed by atoms with E-state index in [1.807, 2.05) is 6.07 Å². The van der Waals surface area contributed by atoms with Crippen LogP contribution in [0.2, 0.25) is 0 Å². The number of amides is 1. The molecule has 0 spiro atoms. The van der Waals surface area contributed by atoms with E-state index in [1.165, 1.54) is 24.3 Å². The summed E-state index contributed by atoms with van der Waals surface area (Å²) in [7, 11) is 0. The second-order valence-electron chi connectivity index (χ2n) is 9.20. The molecule has 172 valence electrons. The van der Waals surface area contributed by atoms with Crippen LogP contribution in [0.15, 0.2) is 47.3 Å². The molecule has 2 atom stereocenters. The fourth-order valence-electron chi connectivity index (χ4n) is 5.04. The summed E-state index contributed by atoms with van der Waals surface area (Å²) in [5, 5.41) is 6.56. The molecule has 1 aliphatic carbocycles. The summed E-state index contributed by atoms with van der Waals surface area (Å²) < 4.78 is 30.3. The van der Waals surface area contributed by atoms with Crippen molar-refractivity contribution in [1.82, 2.24) is 15.2 Å². The van der Waals surface area contributed by atoms with E-state index < -0.39 is 11.4 Å². The van der Waals surface area contributed by atoms with Gasteiger partial charge in [0.05, 0.1) is 23.0 Å². The Hall–Kier alpha value is -3.06. The number of aromatic nitrogens is 1. The summed E-state index contributed by atoms with van der Waals surface area (Å²) in [6.45, 7) is 3.10. The monoisotopic (exact) mass is 451 g/mol. The fourth-order valence-corrected chi connectivity index (χ4v) is 5.04. The summed E-state index contributed by atoms with van der Waals surface area (Å²) in [6.07, 6.45) is 3.63. The Morgan fingerprint density at radius 2 is 1.97 bits per heavy atom. The number of benzene rings is 2. The summed E-state index contributed by atoms with van der Waals surface area (Å²) in [6, 6.07) is 10.2. The van der Waals surface area contributed by atoms with Crippen molar-refractivity contribution in [3.63, 3.8) is 0 Å². The Bertz CT molecular complexity index is 1280. The predicted octanol–water partition coefficient (Wildman–Crippen LogP) is 4.39. The Balaban J connectivity index is 1.61. The molecule has 1 aromatic heterocycles. The molecule has 2 heterocycles. The Morgan fingerprint density at radius 3 is 2.67 bits per heavy atom. The highest BCUT2D eigenvalue weighted by Gasteiger charge is 2.30. The van der Waals surface area contributed by atoms with Crippen molar-refractivity contribution < 1.29 is 13.6 Å². The molecule has 2 N–H and O–H groups in total. The van der Waals surface area contributed by atoms with E-state index in [0.29, 0.717) is 41.1 Å². The molecule has 1 amide bonds. The van der Waals surface area contributed by atoms with Crippen LogP contribution in [0, 0.1) is 24.5 Å². The second-order valence-corrected chi connectivity index (χ2v) is 9.20. The number of carbonyl (C=O) groups excluding carboxylic acids is 1. The van der Waals surface area contributed by atoms with Crippen molar-refractivity contribution in [1.29, 1.82) is 0 Å². The SMILES string of the molecule is Cc1c(C(=O)N[C@@H](CC2CC2)c2cccc(F)c2)c2cccc(F)c2c(=O)n1[C@H]1CCNC1. The van der Waals surface area contributed by atoms with Gasteiger partial charge >= 0.3 is 0 Å². The number of halogens is 2. The summed E-state index contributed by atoms with van der Waals surface area (Å²) in [5.41, 5.74) is 1.11. The highest BCUT2D eigenvalue weighted by Crippen LogP contribution is 2.38. The lowest BCUT2D eigenvalue weighted by atomic mass is 9.98. The minimum Gasteiger partial charge on any atom is -0.345 e. The molecular weight excluding hydrogens is 424 g/mol. The number of hydrogen-bond donors (Lipinski definition) is 2. The van der Waals surface area contributed by atoms with E-state index in [-0.39, 0.29) is 29.2 Å². The van der Waals surface area contributed by atoms with E-state index in [4.69, 9.17) is 0 Å². The number of fused-ring (bicyclic) bond motifs is 1. The molecule has 5 rings (SSSR count). The molecule has 0 bridgehead atoms. The summed E-state index contributed by atoms with van der Waals surface area (Å²) in [4.78, 5) is 27.0. The highest BCUT2D eigenvalue weighted by molar-refractivity contribution is 6.08. The largest absolute Gasteiger partial charge is 0.345 e. The van der Waals surface area contributed by atoms with E-state index in [0.717, 1.165) is 25.8 Å². The van der Waals surface area contributed by atoms with Gasteiger partial charge in [0.25, 0.3) is 11.5 Å². The molecule has 7 heteroatoms. The standard InChI is InChI=1S/C26H27F2N3O2/c1-15-23(25(32)30-22(12-16-8-9-16)17-4-2-5-18(27)13-17)20-6-3-7-21(28)24(20)26(33)31(15)19-10-11-29-14-19/h2-7,13,16,19,22,29H,8-12,14H2,1H3,(H,30,32)/t19-,22-/m0/s1. The van der Waals surface area contributed by atoms with Crippen LogP contribution in [-0.2, 0) is 0 Å². The zero-order valence-corrected chi connectivity index (χ0v) is 18.5. The van der Waals surface area contributed by atoms with Crippen LogP contribution in [-0.4, -0.2) is 23.6 Å². The van der Waals surface area contributed by atoms with Crippen LogP contribution >= 0.6 is 0 Å². The van der Waals surface area contributed by atoms with Crippen molar-refractivity contribution in [2.45, 2.75) is 44.7 Å². The zero-order chi connectivity index (χ0) is 23.1. The molecule has 0 unspecified atom stereocenters. The lowest BCUT2D eigenvalue weighted by Crippen LogP contribution is -2.35. The van der Waals surface area contributed by atoms with Crippen LogP contribution in [0.1, 0.15) is 59.4 Å². The van der Waals surface area contributed by atoms with Gasteiger partial charge < -0.3 is 15.2 Å². The molecule has 2 aromatic carbocycles. The lowest BCUT2D eigenvalue weighted by molar-refractivity contribution is 0.0933. The van der Waals surface area contributed by atoms with Crippen molar-refractivity contribution in [3.8, 4) is 0 Å². The van der Waals surface area contributed by atoms with Crippen molar-refractivity contribution in [2.75, 3.05) is 13.1 Å². The Labute approximate surface area is 190 Å². The molecule has 3 aromatic rings. The maximum atomic E-state index is 14.8. The molecule has 33 heavy (non-hydrogen) atoms. The average Bonchev–Trinajstić information content (AvgIpc) is 3.44. The van der Waals surface area contributed by atoms with Crippen LogP contribution in [0.4, 0.5) is 8.78 Å². The average molecular weight is 452 g/mol. The van der Waals surface area contributed by atoms with Crippen molar-refractivity contribution in [2.24, 2.45) is 5.92 Å². The normalized spacial score (nSPS) is 19.1. The van der Waals surface area contributed by atoms with E-state index in [2.05, 4.69) is 10.6 Å². The van der Waals surface area contributed by atoms with E-state index in [9.17, 15) is 18.4 Å². The third kappa shape index (κ3) is 4.17. The predicted molar refractivity (Wildman–Crippen MR) is 123 cm³/mol. The molecule has 1 saturated carbocycles. The minimum absolute atomic E-state index is 0.0651. The topological polar surface area (TPSA) is 63.1 Å². The van der Waals surface area contributed by atoms with Gasteiger partial charge in [0.1, 0.15) is 11.6 Å². The van der Waals surface area contributed by atoms with Crippen LogP contribution in [0.25, 0.3) is 10.8 Å². The smallest absolute Gasteiger partial charge is 0.261 e. The van der Waals surface area contributed by atoms with Gasteiger partial charge in [-0.05, 0) is 56.0 Å². The zero-order valence-electron chi connectivity index (χ0n) is 18.5. The van der Waals surface area contributed by atoms with Gasteiger partial charge in [0.15, 0.2) is 0 Å². The number of carbonyl (C=O) groups is 1. The van der Waals surface area contributed by atoms with Gasteiger partial charge in [0, 0.05) is 17.6 Å². The molecule has 5 nitrogen and oxygen atoms in total. The van der Waals surface area contributed by atoms with Crippen molar-refractivity contribution in [3.05, 3.63) is 81.3 Å². The van der Waals surface area contributed by atoms with Crippen molar-refractivity contribution >= 4 is 16.7 Å². The van der Waals surface area contributed by atoms with Crippen LogP contribution in [0.3, 0.4) is 0 Å². The molecular formula is C26H27F2N3O2.